The molecule has 0 fully saturated rings. The van der Waals surface area contributed by atoms with Gasteiger partial charge in [0, 0.05) is 0 Å². The number of aryl methyl sites for hydroxylation is 1. The van der Waals surface area contributed by atoms with Gasteiger partial charge in [-0.2, -0.15) is 5.10 Å². The second-order valence-corrected chi connectivity index (χ2v) is 5.31. The van der Waals surface area contributed by atoms with Crippen molar-refractivity contribution in [2.45, 2.75) is 6.92 Å². The Labute approximate surface area is 137 Å². The van der Waals surface area contributed by atoms with Gasteiger partial charge >= 0.3 is 0 Å². The summed E-state index contributed by atoms with van der Waals surface area (Å²) in [5.41, 5.74) is 4.18. The normalized spacial score (nSPS) is 11.0. The van der Waals surface area contributed by atoms with Crippen LogP contribution < -0.4 is 11.0 Å². The van der Waals surface area contributed by atoms with Gasteiger partial charge in [0.2, 0.25) is 0 Å². The lowest BCUT2D eigenvalue weighted by molar-refractivity contribution is 0.0952. The van der Waals surface area contributed by atoms with Gasteiger partial charge < -0.3 is 10.1 Å². The van der Waals surface area contributed by atoms with Crippen molar-refractivity contribution in [3.05, 3.63) is 75.6 Å². The van der Waals surface area contributed by atoms with Gasteiger partial charge in [-0.15, -0.1) is 0 Å². The summed E-state index contributed by atoms with van der Waals surface area (Å²) in [6.45, 7) is 1.92. The number of nitrogens with zero attached hydrogens (tertiary/aromatic N) is 1. The van der Waals surface area contributed by atoms with E-state index < -0.39 is 5.91 Å². The molecule has 3 aromatic rings. The van der Waals surface area contributed by atoms with E-state index in [4.69, 9.17) is 0 Å². The van der Waals surface area contributed by atoms with Gasteiger partial charge in [-0.1, -0.05) is 30.3 Å². The maximum atomic E-state index is 12.1. The first kappa shape index (κ1) is 15.5. The van der Waals surface area contributed by atoms with E-state index in [0.717, 1.165) is 16.5 Å². The van der Waals surface area contributed by atoms with Crippen molar-refractivity contribution >= 4 is 23.0 Å². The minimum absolute atomic E-state index is 0.109. The number of H-pyrrole nitrogens is 1. The molecule has 120 valence electrons. The molecule has 0 unspecified atom stereocenters. The molecule has 3 rings (SSSR count). The third kappa shape index (κ3) is 3.03. The lowest BCUT2D eigenvalue weighted by atomic mass is 10.1. The fraction of sp³-hybridized carbons (Fsp3) is 0.0556. The van der Waals surface area contributed by atoms with Crippen molar-refractivity contribution in [3.8, 4) is 5.75 Å². The fourth-order valence-electron chi connectivity index (χ4n) is 2.38. The third-order valence-corrected chi connectivity index (χ3v) is 3.64. The number of phenolic OH excluding ortho intramolecular Hbond substituents is 1. The number of amides is 1. The van der Waals surface area contributed by atoms with Crippen LogP contribution in [0.3, 0.4) is 0 Å². The fourth-order valence-corrected chi connectivity index (χ4v) is 2.38. The Balaban J connectivity index is 1.84. The van der Waals surface area contributed by atoms with E-state index in [-0.39, 0.29) is 16.9 Å². The molecular weight excluding hydrogens is 306 g/mol. The Morgan fingerprint density at radius 2 is 2.00 bits per heavy atom. The zero-order valence-electron chi connectivity index (χ0n) is 12.9. The Kier molecular flexibility index (Phi) is 4.11. The average molecular weight is 321 g/mol. The number of aromatic hydroxyl groups is 1. The summed E-state index contributed by atoms with van der Waals surface area (Å²) < 4.78 is 0. The molecule has 3 N–H and O–H groups in total. The van der Waals surface area contributed by atoms with E-state index >= 15 is 0 Å². The molecule has 0 spiro atoms. The van der Waals surface area contributed by atoms with Gasteiger partial charge in [-0.05, 0) is 36.1 Å². The van der Waals surface area contributed by atoms with Gasteiger partial charge in [0.05, 0.1) is 22.9 Å². The van der Waals surface area contributed by atoms with Crippen LogP contribution in [0.4, 0.5) is 0 Å². The van der Waals surface area contributed by atoms with Crippen LogP contribution >= 0.6 is 0 Å². The summed E-state index contributed by atoms with van der Waals surface area (Å²) in [6.07, 6.45) is 1.28. The van der Waals surface area contributed by atoms with Crippen molar-refractivity contribution in [2.75, 3.05) is 0 Å². The quantitative estimate of drug-likeness (QED) is 0.510. The minimum Gasteiger partial charge on any atom is -0.507 e. The number of rotatable bonds is 3. The number of hydrogen-bond acceptors (Lipinski definition) is 4. The molecule has 24 heavy (non-hydrogen) atoms. The predicted octanol–water partition coefficient (Wildman–Crippen LogP) is 2.31. The second kappa shape index (κ2) is 6.37. The van der Waals surface area contributed by atoms with E-state index in [9.17, 15) is 14.7 Å². The summed E-state index contributed by atoms with van der Waals surface area (Å²) in [7, 11) is 0. The van der Waals surface area contributed by atoms with E-state index in [2.05, 4.69) is 15.5 Å². The Morgan fingerprint density at radius 3 is 2.79 bits per heavy atom. The molecule has 0 aliphatic rings. The molecule has 0 radical (unpaired) electrons. The number of aromatic amines is 1. The number of carbonyl (C=O) groups is 1. The molecule has 0 saturated carbocycles. The summed E-state index contributed by atoms with van der Waals surface area (Å²) >= 11 is 0. The smallest absolute Gasteiger partial charge is 0.275 e. The van der Waals surface area contributed by atoms with Crippen molar-refractivity contribution in [2.24, 2.45) is 5.10 Å². The van der Waals surface area contributed by atoms with Crippen molar-refractivity contribution in [1.82, 2.24) is 10.4 Å². The topological polar surface area (TPSA) is 94.5 Å². The summed E-state index contributed by atoms with van der Waals surface area (Å²) in [4.78, 5) is 26.8. The van der Waals surface area contributed by atoms with Crippen LogP contribution in [0.1, 0.15) is 21.5 Å². The molecule has 0 saturated heterocycles. The van der Waals surface area contributed by atoms with Crippen LogP contribution in [-0.2, 0) is 0 Å². The molecule has 0 aliphatic heterocycles. The highest BCUT2D eigenvalue weighted by Crippen LogP contribution is 2.15. The van der Waals surface area contributed by atoms with Crippen LogP contribution in [0.2, 0.25) is 0 Å². The number of pyridine rings is 1. The zero-order valence-corrected chi connectivity index (χ0v) is 12.9. The van der Waals surface area contributed by atoms with Gasteiger partial charge in [0.15, 0.2) is 0 Å². The van der Waals surface area contributed by atoms with Crippen molar-refractivity contribution < 1.29 is 9.90 Å². The monoisotopic (exact) mass is 321 g/mol. The molecule has 1 heterocycles. The molecule has 2 aromatic carbocycles. The molecule has 1 aromatic heterocycles. The van der Waals surface area contributed by atoms with E-state index in [1.807, 2.05) is 25.1 Å². The molecule has 1 amide bonds. The predicted molar refractivity (Wildman–Crippen MR) is 92.5 cm³/mol. The third-order valence-electron chi connectivity index (χ3n) is 3.64. The second-order valence-electron chi connectivity index (χ2n) is 5.31. The van der Waals surface area contributed by atoms with Gasteiger partial charge in [0.1, 0.15) is 5.75 Å². The maximum Gasteiger partial charge on any atom is 0.275 e. The van der Waals surface area contributed by atoms with E-state index in [0.29, 0.717) is 5.56 Å². The largest absolute Gasteiger partial charge is 0.507 e. The van der Waals surface area contributed by atoms with E-state index in [1.54, 1.807) is 18.2 Å². The summed E-state index contributed by atoms with van der Waals surface area (Å²) in [6, 6.07) is 13.5. The molecule has 0 aliphatic carbocycles. The van der Waals surface area contributed by atoms with Gasteiger partial charge in [-0.25, -0.2) is 5.43 Å². The number of benzene rings is 2. The summed E-state index contributed by atoms with van der Waals surface area (Å²) in [5.74, 6) is -0.693. The first-order valence-electron chi connectivity index (χ1n) is 7.30. The van der Waals surface area contributed by atoms with Crippen LogP contribution in [0.15, 0.2) is 58.4 Å². The standard InChI is InChI=1S/C18H15N3O3/c1-11-5-4-6-12-9-13(17(23)20-16(11)12)10-19-21-18(24)14-7-2-3-8-15(14)22/h2-10,22H,1H3,(H,20,23)(H,21,24). The van der Waals surface area contributed by atoms with Crippen LogP contribution in [-0.4, -0.2) is 22.2 Å². The summed E-state index contributed by atoms with van der Waals surface area (Å²) in [5, 5.41) is 14.3. The molecular formula is C18H15N3O3. The number of hydrazone groups is 1. The first-order valence-corrected chi connectivity index (χ1v) is 7.30. The van der Waals surface area contributed by atoms with Crippen LogP contribution in [0.5, 0.6) is 5.75 Å². The lowest BCUT2D eigenvalue weighted by Gasteiger charge is -2.03. The number of hydrogen-bond donors (Lipinski definition) is 3. The highest BCUT2D eigenvalue weighted by molar-refractivity contribution is 5.97. The molecule has 0 bridgehead atoms. The Bertz CT molecular complexity index is 1010. The highest BCUT2D eigenvalue weighted by atomic mass is 16.3. The molecule has 6 heteroatoms. The van der Waals surface area contributed by atoms with Crippen molar-refractivity contribution in [3.63, 3.8) is 0 Å². The number of carbonyl (C=O) groups excluding carboxylic acids is 1. The SMILES string of the molecule is Cc1cccc2cc(C=NNC(=O)c3ccccc3O)c(=O)[nH]c12. The van der Waals surface area contributed by atoms with Gasteiger partial charge in [-0.3, -0.25) is 9.59 Å². The molecule has 6 nitrogen and oxygen atoms in total. The number of nitrogens with one attached hydrogen (secondary N) is 2. The highest BCUT2D eigenvalue weighted by Gasteiger charge is 2.09. The molecule has 0 atom stereocenters. The number of phenols is 1. The lowest BCUT2D eigenvalue weighted by Crippen LogP contribution is -2.19. The van der Waals surface area contributed by atoms with E-state index in [1.165, 1.54) is 18.3 Å². The minimum atomic E-state index is -0.558. The Morgan fingerprint density at radius 1 is 1.21 bits per heavy atom. The number of para-hydroxylation sites is 2. The Hall–Kier alpha value is -3.41. The van der Waals surface area contributed by atoms with Crippen LogP contribution in [0.25, 0.3) is 10.9 Å². The van der Waals surface area contributed by atoms with Crippen molar-refractivity contribution in [1.29, 1.82) is 0 Å². The maximum absolute atomic E-state index is 12.1. The number of aromatic nitrogens is 1. The first-order chi connectivity index (χ1) is 11.6. The van der Waals surface area contributed by atoms with Crippen LogP contribution in [0, 0.1) is 6.92 Å². The van der Waals surface area contributed by atoms with Gasteiger partial charge in [0.25, 0.3) is 11.5 Å². The average Bonchev–Trinajstić information content (AvgIpc) is 2.56. The zero-order chi connectivity index (χ0) is 17.1. The number of fused-ring (bicyclic) bond motifs is 1.